The first-order chi connectivity index (χ1) is 7.72. The van der Waals surface area contributed by atoms with Crippen molar-refractivity contribution < 1.29 is 14.3 Å². The Morgan fingerprint density at radius 3 is 2.88 bits per heavy atom. The van der Waals surface area contributed by atoms with Gasteiger partial charge in [0.05, 0.1) is 19.9 Å². The lowest BCUT2D eigenvalue weighted by Crippen LogP contribution is -2.30. The van der Waals surface area contributed by atoms with Crippen LogP contribution in [0.2, 0.25) is 0 Å². The number of anilines is 1. The number of carbonyl (C=O) groups excluding carboxylic acids is 1. The highest BCUT2D eigenvalue weighted by atomic mass is 16.5. The molecule has 0 radical (unpaired) electrons. The van der Waals surface area contributed by atoms with Crippen molar-refractivity contribution in [2.45, 2.75) is 19.4 Å². The van der Waals surface area contributed by atoms with Crippen LogP contribution < -0.4 is 10.1 Å². The molecule has 0 fully saturated rings. The summed E-state index contributed by atoms with van der Waals surface area (Å²) in [5.74, 6) is 0.165. The summed E-state index contributed by atoms with van der Waals surface area (Å²) in [7, 11) is 2.90. The number of methoxy groups -OCH3 is 2. The van der Waals surface area contributed by atoms with E-state index in [0.29, 0.717) is 18.0 Å². The highest BCUT2D eigenvalue weighted by molar-refractivity contribution is 5.79. The number of hydrogen-bond donors (Lipinski definition) is 1. The second-order valence-corrected chi connectivity index (χ2v) is 3.19. The maximum absolute atomic E-state index is 11.4. The Bertz CT molecular complexity index is 355. The number of hydrogen-bond acceptors (Lipinski definition) is 5. The Kier molecular flexibility index (Phi) is 4.57. The standard InChI is InChI=1S/C11H16N2O3/c1-4-8(11(14)16-3)13-9-6-5-7-12-10(9)15-2/h5-8,13H,4H2,1-3H3. The average Bonchev–Trinajstić information content (AvgIpc) is 2.35. The van der Waals surface area contributed by atoms with E-state index < -0.39 is 0 Å². The van der Waals surface area contributed by atoms with Crippen LogP contribution in [0.4, 0.5) is 5.69 Å². The number of esters is 1. The lowest BCUT2D eigenvalue weighted by atomic mass is 10.2. The van der Waals surface area contributed by atoms with E-state index in [9.17, 15) is 4.79 Å². The van der Waals surface area contributed by atoms with Gasteiger partial charge in [-0.05, 0) is 18.6 Å². The van der Waals surface area contributed by atoms with E-state index in [4.69, 9.17) is 4.74 Å². The summed E-state index contributed by atoms with van der Waals surface area (Å²) in [4.78, 5) is 15.4. The fourth-order valence-corrected chi connectivity index (χ4v) is 1.32. The van der Waals surface area contributed by atoms with Crippen molar-refractivity contribution in [3.8, 4) is 5.88 Å². The molecule has 0 saturated carbocycles. The van der Waals surface area contributed by atoms with Crippen LogP contribution in [0.15, 0.2) is 18.3 Å². The van der Waals surface area contributed by atoms with Gasteiger partial charge < -0.3 is 14.8 Å². The molecule has 16 heavy (non-hydrogen) atoms. The predicted molar refractivity (Wildman–Crippen MR) is 60.5 cm³/mol. The Hall–Kier alpha value is -1.78. The lowest BCUT2D eigenvalue weighted by Gasteiger charge is -2.16. The summed E-state index contributed by atoms with van der Waals surface area (Å²) < 4.78 is 9.76. The summed E-state index contributed by atoms with van der Waals surface area (Å²) in [5, 5.41) is 3.04. The van der Waals surface area contributed by atoms with Gasteiger partial charge in [-0.15, -0.1) is 0 Å². The van der Waals surface area contributed by atoms with E-state index >= 15 is 0 Å². The van der Waals surface area contributed by atoms with Gasteiger partial charge in [-0.25, -0.2) is 9.78 Å². The maximum Gasteiger partial charge on any atom is 0.328 e. The minimum atomic E-state index is -0.386. The molecule has 0 aromatic carbocycles. The van der Waals surface area contributed by atoms with Crippen molar-refractivity contribution in [2.24, 2.45) is 0 Å². The second-order valence-electron chi connectivity index (χ2n) is 3.19. The van der Waals surface area contributed by atoms with E-state index in [0.717, 1.165) is 0 Å². The van der Waals surface area contributed by atoms with Gasteiger partial charge in [0.25, 0.3) is 0 Å². The summed E-state index contributed by atoms with van der Waals surface area (Å²) in [6.07, 6.45) is 2.26. The second kappa shape index (κ2) is 5.95. The van der Waals surface area contributed by atoms with Crippen molar-refractivity contribution >= 4 is 11.7 Å². The van der Waals surface area contributed by atoms with Gasteiger partial charge in [0.1, 0.15) is 6.04 Å². The van der Waals surface area contributed by atoms with Crippen LogP contribution in [0, 0.1) is 0 Å². The molecular weight excluding hydrogens is 208 g/mol. The van der Waals surface area contributed by atoms with Crippen LogP contribution in [-0.2, 0) is 9.53 Å². The molecular formula is C11H16N2O3. The van der Waals surface area contributed by atoms with Crippen LogP contribution >= 0.6 is 0 Å². The summed E-state index contributed by atoms with van der Waals surface area (Å²) >= 11 is 0. The first kappa shape index (κ1) is 12.3. The molecule has 88 valence electrons. The third kappa shape index (κ3) is 2.85. The molecule has 5 nitrogen and oxygen atoms in total. The van der Waals surface area contributed by atoms with Gasteiger partial charge in [-0.3, -0.25) is 0 Å². The van der Waals surface area contributed by atoms with Crippen LogP contribution in [0.1, 0.15) is 13.3 Å². The molecule has 1 unspecified atom stereocenters. The van der Waals surface area contributed by atoms with Crippen LogP contribution in [0.3, 0.4) is 0 Å². The molecule has 1 heterocycles. The lowest BCUT2D eigenvalue weighted by molar-refractivity contribution is -0.141. The van der Waals surface area contributed by atoms with E-state index in [1.165, 1.54) is 14.2 Å². The van der Waals surface area contributed by atoms with Crippen LogP contribution in [0.5, 0.6) is 5.88 Å². The van der Waals surface area contributed by atoms with Crippen LogP contribution in [-0.4, -0.2) is 31.2 Å². The molecule has 0 aliphatic rings. The monoisotopic (exact) mass is 224 g/mol. The normalized spacial score (nSPS) is 11.7. The van der Waals surface area contributed by atoms with Gasteiger partial charge in [0, 0.05) is 6.20 Å². The SMILES string of the molecule is CCC(Nc1cccnc1OC)C(=O)OC. The fraction of sp³-hybridized carbons (Fsp3) is 0.455. The molecule has 1 N–H and O–H groups in total. The van der Waals surface area contributed by atoms with E-state index in [2.05, 4.69) is 15.0 Å². The molecule has 0 saturated heterocycles. The van der Waals surface area contributed by atoms with Gasteiger partial charge in [0.15, 0.2) is 0 Å². The van der Waals surface area contributed by atoms with E-state index in [-0.39, 0.29) is 12.0 Å². The Morgan fingerprint density at radius 1 is 1.56 bits per heavy atom. The number of carbonyl (C=O) groups is 1. The number of pyridine rings is 1. The largest absolute Gasteiger partial charge is 0.480 e. The average molecular weight is 224 g/mol. The molecule has 0 amide bonds. The molecule has 0 bridgehead atoms. The number of rotatable bonds is 5. The molecule has 1 rings (SSSR count). The smallest absolute Gasteiger partial charge is 0.328 e. The Balaban J connectivity index is 2.81. The van der Waals surface area contributed by atoms with Gasteiger partial charge in [-0.1, -0.05) is 6.92 Å². The molecule has 0 aliphatic heterocycles. The molecule has 5 heteroatoms. The molecule has 0 spiro atoms. The quantitative estimate of drug-likeness (QED) is 0.767. The fourth-order valence-electron chi connectivity index (χ4n) is 1.32. The zero-order valence-electron chi connectivity index (χ0n) is 9.69. The zero-order valence-corrected chi connectivity index (χ0v) is 9.69. The molecule has 0 aliphatic carbocycles. The number of nitrogens with one attached hydrogen (secondary N) is 1. The number of ether oxygens (including phenoxy) is 2. The third-order valence-electron chi connectivity index (χ3n) is 2.19. The Morgan fingerprint density at radius 2 is 2.31 bits per heavy atom. The van der Waals surface area contributed by atoms with Gasteiger partial charge in [-0.2, -0.15) is 0 Å². The minimum Gasteiger partial charge on any atom is -0.480 e. The first-order valence-corrected chi connectivity index (χ1v) is 5.06. The van der Waals surface area contributed by atoms with Crippen molar-refractivity contribution in [1.82, 2.24) is 4.98 Å². The Labute approximate surface area is 94.8 Å². The molecule has 1 aromatic heterocycles. The number of nitrogens with zero attached hydrogens (tertiary/aromatic N) is 1. The molecule has 1 aromatic rings. The van der Waals surface area contributed by atoms with Crippen LogP contribution in [0.25, 0.3) is 0 Å². The maximum atomic E-state index is 11.4. The van der Waals surface area contributed by atoms with E-state index in [1.807, 2.05) is 6.92 Å². The predicted octanol–water partition coefficient (Wildman–Crippen LogP) is 1.45. The number of aromatic nitrogens is 1. The van der Waals surface area contributed by atoms with Gasteiger partial charge >= 0.3 is 5.97 Å². The summed E-state index contributed by atoms with van der Waals surface area (Å²) in [5.41, 5.74) is 0.683. The minimum absolute atomic E-state index is 0.298. The van der Waals surface area contributed by atoms with E-state index in [1.54, 1.807) is 18.3 Å². The van der Waals surface area contributed by atoms with Crippen molar-refractivity contribution in [3.05, 3.63) is 18.3 Å². The summed E-state index contributed by atoms with van der Waals surface area (Å²) in [6, 6.07) is 3.19. The van der Waals surface area contributed by atoms with Crippen molar-refractivity contribution in [3.63, 3.8) is 0 Å². The highest BCUT2D eigenvalue weighted by Gasteiger charge is 2.18. The highest BCUT2D eigenvalue weighted by Crippen LogP contribution is 2.21. The zero-order chi connectivity index (χ0) is 12.0. The van der Waals surface area contributed by atoms with Crippen molar-refractivity contribution in [1.29, 1.82) is 0 Å². The third-order valence-corrected chi connectivity index (χ3v) is 2.19. The van der Waals surface area contributed by atoms with Crippen molar-refractivity contribution in [2.75, 3.05) is 19.5 Å². The first-order valence-electron chi connectivity index (χ1n) is 5.06. The van der Waals surface area contributed by atoms with Gasteiger partial charge in [0.2, 0.25) is 5.88 Å². The molecule has 1 atom stereocenters. The topological polar surface area (TPSA) is 60.5 Å². The summed E-state index contributed by atoms with van der Waals surface area (Å²) in [6.45, 7) is 1.90.